The largest absolute Gasteiger partial charge is 0.497 e. The van der Waals surface area contributed by atoms with E-state index >= 15 is 0 Å². The van der Waals surface area contributed by atoms with Crippen LogP contribution in [0.4, 0.5) is 0 Å². The number of amides is 1. The third-order valence-electron chi connectivity index (χ3n) is 4.39. The topological polar surface area (TPSA) is 42.7 Å². The Labute approximate surface area is 151 Å². The van der Waals surface area contributed by atoms with Crippen LogP contribution in [0, 0.1) is 6.92 Å². The van der Waals surface area contributed by atoms with Crippen LogP contribution in [0.15, 0.2) is 53.1 Å². The molecule has 0 N–H and O–H groups in total. The van der Waals surface area contributed by atoms with E-state index in [1.807, 2.05) is 56.3 Å². The van der Waals surface area contributed by atoms with Gasteiger partial charge < -0.3 is 14.1 Å². The van der Waals surface area contributed by atoms with E-state index in [1.54, 1.807) is 25.3 Å². The average molecular weight is 355 g/mol. The maximum atomic E-state index is 12.9. The molecule has 0 radical (unpaired) electrons. The predicted molar refractivity (Wildman–Crippen MR) is 100 cm³/mol. The first-order valence-electron chi connectivity index (χ1n) is 8.06. The lowest BCUT2D eigenvalue weighted by Crippen LogP contribution is -2.28. The standard InChI is InChI=1S/C20H21NO3S/c1-13(18-6-5-11-24-18)21(3)20(22)19-12-17(14(2)25-19)15-7-9-16(23-4)10-8-15/h5-13H,1-4H3. The summed E-state index contributed by atoms with van der Waals surface area (Å²) >= 11 is 1.52. The summed E-state index contributed by atoms with van der Waals surface area (Å²) in [6.07, 6.45) is 1.63. The van der Waals surface area contributed by atoms with Gasteiger partial charge in [0.1, 0.15) is 11.5 Å². The molecule has 2 aromatic heterocycles. The van der Waals surface area contributed by atoms with Crippen LogP contribution >= 0.6 is 11.3 Å². The SMILES string of the molecule is COc1ccc(-c2cc(C(=O)N(C)C(C)c3ccco3)sc2C)cc1. The second-order valence-corrected chi connectivity index (χ2v) is 7.17. The van der Waals surface area contributed by atoms with Crippen LogP contribution in [-0.4, -0.2) is 25.0 Å². The van der Waals surface area contributed by atoms with E-state index in [-0.39, 0.29) is 11.9 Å². The van der Waals surface area contributed by atoms with Crippen molar-refractivity contribution in [3.63, 3.8) is 0 Å². The number of hydrogen-bond acceptors (Lipinski definition) is 4. The number of ether oxygens (including phenoxy) is 1. The summed E-state index contributed by atoms with van der Waals surface area (Å²) in [5, 5.41) is 0. The van der Waals surface area contributed by atoms with Gasteiger partial charge in [-0.25, -0.2) is 0 Å². The summed E-state index contributed by atoms with van der Waals surface area (Å²) in [5.41, 5.74) is 2.16. The minimum atomic E-state index is -0.116. The molecule has 1 aromatic carbocycles. The number of rotatable bonds is 5. The zero-order valence-corrected chi connectivity index (χ0v) is 15.6. The average Bonchev–Trinajstić information content (AvgIpc) is 3.30. The molecule has 1 amide bonds. The number of methoxy groups -OCH3 is 1. The fraction of sp³-hybridized carbons (Fsp3) is 0.250. The zero-order chi connectivity index (χ0) is 18.0. The molecule has 130 valence electrons. The Balaban J connectivity index is 1.84. The lowest BCUT2D eigenvalue weighted by molar-refractivity contribution is 0.0731. The van der Waals surface area contributed by atoms with E-state index in [2.05, 4.69) is 0 Å². The number of nitrogens with zero attached hydrogens (tertiary/aromatic N) is 1. The highest BCUT2D eigenvalue weighted by Gasteiger charge is 2.23. The number of benzene rings is 1. The molecule has 0 aliphatic carbocycles. The normalized spacial score (nSPS) is 12.0. The van der Waals surface area contributed by atoms with Gasteiger partial charge in [-0.2, -0.15) is 0 Å². The van der Waals surface area contributed by atoms with Crippen LogP contribution in [0.5, 0.6) is 5.75 Å². The molecule has 4 nitrogen and oxygen atoms in total. The van der Waals surface area contributed by atoms with Gasteiger partial charge in [0.05, 0.1) is 24.3 Å². The van der Waals surface area contributed by atoms with Crippen molar-refractivity contribution in [3.8, 4) is 16.9 Å². The molecule has 0 aliphatic heterocycles. The second-order valence-electron chi connectivity index (χ2n) is 5.92. The lowest BCUT2D eigenvalue weighted by Gasteiger charge is -2.22. The Bertz CT molecular complexity index is 850. The van der Waals surface area contributed by atoms with E-state index in [0.717, 1.165) is 32.4 Å². The molecule has 1 atom stereocenters. The van der Waals surface area contributed by atoms with Crippen LogP contribution in [0.1, 0.15) is 33.3 Å². The molecule has 0 spiro atoms. The highest BCUT2D eigenvalue weighted by Crippen LogP contribution is 2.33. The van der Waals surface area contributed by atoms with Gasteiger partial charge in [-0.3, -0.25) is 4.79 Å². The number of carbonyl (C=O) groups excluding carboxylic acids is 1. The Morgan fingerprint density at radius 1 is 1.24 bits per heavy atom. The number of furan rings is 1. The Morgan fingerprint density at radius 3 is 2.56 bits per heavy atom. The van der Waals surface area contributed by atoms with Crippen molar-refractivity contribution in [2.24, 2.45) is 0 Å². The summed E-state index contributed by atoms with van der Waals surface area (Å²) in [7, 11) is 3.45. The fourth-order valence-corrected chi connectivity index (χ4v) is 3.74. The molecular formula is C20H21NO3S. The monoisotopic (exact) mass is 355 g/mol. The van der Waals surface area contributed by atoms with E-state index in [9.17, 15) is 4.79 Å². The summed E-state index contributed by atoms with van der Waals surface area (Å²) in [4.78, 5) is 16.4. The number of hydrogen-bond donors (Lipinski definition) is 0. The van der Waals surface area contributed by atoms with Gasteiger partial charge >= 0.3 is 0 Å². The smallest absolute Gasteiger partial charge is 0.264 e. The van der Waals surface area contributed by atoms with Crippen molar-refractivity contribution in [2.75, 3.05) is 14.2 Å². The van der Waals surface area contributed by atoms with Crippen LogP contribution in [0.3, 0.4) is 0 Å². The Morgan fingerprint density at radius 2 is 1.96 bits per heavy atom. The van der Waals surface area contributed by atoms with E-state index in [1.165, 1.54) is 11.3 Å². The highest BCUT2D eigenvalue weighted by atomic mass is 32.1. The van der Waals surface area contributed by atoms with Crippen LogP contribution in [-0.2, 0) is 0 Å². The highest BCUT2D eigenvalue weighted by molar-refractivity contribution is 7.14. The number of aryl methyl sites for hydroxylation is 1. The summed E-state index contributed by atoms with van der Waals surface area (Å²) in [6.45, 7) is 4.00. The summed E-state index contributed by atoms with van der Waals surface area (Å²) < 4.78 is 10.6. The van der Waals surface area contributed by atoms with Gasteiger partial charge in [0.25, 0.3) is 5.91 Å². The lowest BCUT2D eigenvalue weighted by atomic mass is 10.1. The molecule has 0 fully saturated rings. The second kappa shape index (κ2) is 7.15. The van der Waals surface area contributed by atoms with Crippen molar-refractivity contribution >= 4 is 17.2 Å². The molecule has 0 bridgehead atoms. The van der Waals surface area contributed by atoms with Crippen LogP contribution in [0.2, 0.25) is 0 Å². The van der Waals surface area contributed by atoms with Gasteiger partial charge in [0.2, 0.25) is 0 Å². The molecule has 0 saturated heterocycles. The van der Waals surface area contributed by atoms with Gasteiger partial charge in [-0.05, 0) is 55.3 Å². The molecular weight excluding hydrogens is 334 g/mol. The molecule has 1 unspecified atom stereocenters. The van der Waals surface area contributed by atoms with E-state index in [4.69, 9.17) is 9.15 Å². The number of carbonyl (C=O) groups is 1. The van der Waals surface area contributed by atoms with Gasteiger partial charge in [0, 0.05) is 11.9 Å². The van der Waals surface area contributed by atoms with Gasteiger partial charge in [-0.15, -0.1) is 11.3 Å². The van der Waals surface area contributed by atoms with Crippen molar-refractivity contribution in [1.29, 1.82) is 0 Å². The van der Waals surface area contributed by atoms with E-state index < -0.39 is 0 Å². The Hall–Kier alpha value is -2.53. The first-order chi connectivity index (χ1) is 12.0. The molecule has 0 saturated carbocycles. The maximum Gasteiger partial charge on any atom is 0.264 e. The third-order valence-corrected chi connectivity index (χ3v) is 5.42. The minimum Gasteiger partial charge on any atom is -0.497 e. The van der Waals surface area contributed by atoms with Crippen molar-refractivity contribution in [3.05, 3.63) is 64.2 Å². The molecule has 0 aliphatic rings. The zero-order valence-electron chi connectivity index (χ0n) is 14.8. The van der Waals surface area contributed by atoms with Crippen molar-refractivity contribution in [1.82, 2.24) is 4.90 Å². The van der Waals surface area contributed by atoms with Gasteiger partial charge in [0.15, 0.2) is 0 Å². The first-order valence-corrected chi connectivity index (χ1v) is 8.88. The first kappa shape index (κ1) is 17.3. The molecule has 25 heavy (non-hydrogen) atoms. The molecule has 5 heteroatoms. The quantitative estimate of drug-likeness (QED) is 0.635. The van der Waals surface area contributed by atoms with E-state index in [0.29, 0.717) is 0 Å². The molecule has 3 aromatic rings. The minimum absolute atomic E-state index is 0.00300. The summed E-state index contributed by atoms with van der Waals surface area (Å²) in [6, 6.07) is 13.5. The van der Waals surface area contributed by atoms with Crippen LogP contribution in [0.25, 0.3) is 11.1 Å². The fourth-order valence-electron chi connectivity index (χ4n) is 2.71. The van der Waals surface area contributed by atoms with Gasteiger partial charge in [-0.1, -0.05) is 12.1 Å². The van der Waals surface area contributed by atoms with Crippen LogP contribution < -0.4 is 4.74 Å². The maximum absolute atomic E-state index is 12.9. The summed E-state index contributed by atoms with van der Waals surface area (Å²) in [5.74, 6) is 1.59. The Kier molecular flexibility index (Phi) is 4.95. The number of thiophene rings is 1. The predicted octanol–water partition coefficient (Wildman–Crippen LogP) is 5.16. The molecule has 3 rings (SSSR count). The van der Waals surface area contributed by atoms with Crippen molar-refractivity contribution in [2.45, 2.75) is 19.9 Å². The van der Waals surface area contributed by atoms with Crippen molar-refractivity contribution < 1.29 is 13.9 Å². The third kappa shape index (κ3) is 3.46. The molecule has 2 heterocycles.